The molecule has 0 bridgehead atoms. The van der Waals surface area contributed by atoms with Gasteiger partial charge >= 0.3 is 11.7 Å². The number of hydrogen-bond donors (Lipinski definition) is 2. The molecule has 0 aliphatic carbocycles. The third-order valence-electron chi connectivity index (χ3n) is 2.21. The summed E-state index contributed by atoms with van der Waals surface area (Å²) in [7, 11) is 0. The monoisotopic (exact) mass is 274 g/mol. The standard InChI is InChI=1S/C10H8F2N2O5/c1-4(10(16)17)13-9(15)7-5(11)2-3-6(8(7)12)14(18)19/h2-4H,1H3,(H,13,15)(H,16,17)/t4-/m0/s1. The lowest BCUT2D eigenvalue weighted by molar-refractivity contribution is -0.387. The molecule has 0 radical (unpaired) electrons. The van der Waals surface area contributed by atoms with E-state index < -0.39 is 45.7 Å². The molecule has 0 aromatic heterocycles. The van der Waals surface area contributed by atoms with Crippen LogP contribution in [0.3, 0.4) is 0 Å². The van der Waals surface area contributed by atoms with Crippen molar-refractivity contribution in [2.24, 2.45) is 0 Å². The first-order chi connectivity index (χ1) is 8.75. The van der Waals surface area contributed by atoms with Gasteiger partial charge in [0, 0.05) is 6.07 Å². The lowest BCUT2D eigenvalue weighted by Gasteiger charge is -2.10. The Morgan fingerprint density at radius 2 is 2.00 bits per heavy atom. The number of benzene rings is 1. The van der Waals surface area contributed by atoms with Gasteiger partial charge in [-0.25, -0.2) is 4.39 Å². The Kier molecular flexibility index (Phi) is 4.10. The largest absolute Gasteiger partial charge is 0.480 e. The van der Waals surface area contributed by atoms with Crippen LogP contribution in [0.25, 0.3) is 0 Å². The Balaban J connectivity index is 3.19. The Hall–Kier alpha value is -2.58. The molecular weight excluding hydrogens is 266 g/mol. The van der Waals surface area contributed by atoms with Gasteiger partial charge in [0.15, 0.2) is 0 Å². The number of amides is 1. The van der Waals surface area contributed by atoms with Crippen molar-refractivity contribution in [1.82, 2.24) is 5.32 Å². The van der Waals surface area contributed by atoms with Crippen molar-refractivity contribution in [2.45, 2.75) is 13.0 Å². The molecule has 0 aliphatic heterocycles. The van der Waals surface area contributed by atoms with Crippen LogP contribution in [0.5, 0.6) is 0 Å². The Morgan fingerprint density at radius 1 is 1.42 bits per heavy atom. The predicted molar refractivity (Wildman–Crippen MR) is 57.6 cm³/mol. The number of carbonyl (C=O) groups is 2. The molecule has 102 valence electrons. The molecular formula is C10H8F2N2O5. The normalized spacial score (nSPS) is 11.7. The first-order valence-corrected chi connectivity index (χ1v) is 4.91. The van der Waals surface area contributed by atoms with Crippen LogP contribution in [0.4, 0.5) is 14.5 Å². The van der Waals surface area contributed by atoms with Crippen molar-refractivity contribution >= 4 is 17.6 Å². The van der Waals surface area contributed by atoms with Gasteiger partial charge in [0.05, 0.1) is 4.92 Å². The molecule has 1 rings (SSSR count). The highest BCUT2D eigenvalue weighted by molar-refractivity contribution is 5.97. The minimum Gasteiger partial charge on any atom is -0.480 e. The maximum absolute atomic E-state index is 13.6. The maximum atomic E-state index is 13.6. The van der Waals surface area contributed by atoms with E-state index in [9.17, 15) is 28.5 Å². The molecule has 1 amide bonds. The highest BCUT2D eigenvalue weighted by Gasteiger charge is 2.27. The summed E-state index contributed by atoms with van der Waals surface area (Å²) in [6, 6.07) is -0.269. The lowest BCUT2D eigenvalue weighted by atomic mass is 10.1. The Labute approximate surface area is 105 Å². The number of carbonyl (C=O) groups excluding carboxylic acids is 1. The van der Waals surface area contributed by atoms with Crippen molar-refractivity contribution in [2.75, 3.05) is 0 Å². The second kappa shape index (κ2) is 5.38. The zero-order valence-electron chi connectivity index (χ0n) is 9.52. The first kappa shape index (κ1) is 14.5. The van der Waals surface area contributed by atoms with E-state index in [1.165, 1.54) is 0 Å². The van der Waals surface area contributed by atoms with E-state index in [1.54, 1.807) is 5.32 Å². The summed E-state index contributed by atoms with van der Waals surface area (Å²) in [5.74, 6) is -5.77. The second-order valence-corrected chi connectivity index (χ2v) is 3.55. The van der Waals surface area contributed by atoms with E-state index in [0.29, 0.717) is 12.1 Å². The number of halogens is 2. The fourth-order valence-electron chi connectivity index (χ4n) is 1.22. The number of nitrogens with zero attached hydrogens (tertiary/aromatic N) is 1. The molecule has 1 aromatic carbocycles. The molecule has 2 N–H and O–H groups in total. The number of nitrogens with one attached hydrogen (secondary N) is 1. The van der Waals surface area contributed by atoms with Gasteiger partial charge in [-0.2, -0.15) is 4.39 Å². The summed E-state index contributed by atoms with van der Waals surface area (Å²) in [6.07, 6.45) is 0. The van der Waals surface area contributed by atoms with Crippen molar-refractivity contribution in [1.29, 1.82) is 0 Å². The predicted octanol–water partition coefficient (Wildman–Crippen LogP) is 1.08. The SMILES string of the molecule is C[C@H](NC(=O)c1c(F)ccc([N+](=O)[O-])c1F)C(=O)O. The Morgan fingerprint density at radius 3 is 2.47 bits per heavy atom. The van der Waals surface area contributed by atoms with E-state index in [0.717, 1.165) is 6.92 Å². The highest BCUT2D eigenvalue weighted by Crippen LogP contribution is 2.23. The van der Waals surface area contributed by atoms with Crippen LogP contribution in [0.1, 0.15) is 17.3 Å². The smallest absolute Gasteiger partial charge is 0.325 e. The molecule has 0 fully saturated rings. The molecule has 1 atom stereocenters. The third-order valence-corrected chi connectivity index (χ3v) is 2.21. The molecule has 0 spiro atoms. The molecule has 0 aliphatic rings. The fraction of sp³-hybridized carbons (Fsp3) is 0.200. The van der Waals surface area contributed by atoms with Crippen LogP contribution >= 0.6 is 0 Å². The van der Waals surface area contributed by atoms with Gasteiger partial charge in [0.25, 0.3) is 5.91 Å². The van der Waals surface area contributed by atoms with Gasteiger partial charge in [-0.1, -0.05) is 0 Å². The maximum Gasteiger partial charge on any atom is 0.325 e. The second-order valence-electron chi connectivity index (χ2n) is 3.55. The molecule has 0 saturated carbocycles. The van der Waals surface area contributed by atoms with Gasteiger partial charge in [-0.15, -0.1) is 0 Å². The average Bonchev–Trinajstić information content (AvgIpc) is 2.27. The molecule has 1 aromatic rings. The van der Waals surface area contributed by atoms with Crippen LogP contribution in [0, 0.1) is 21.7 Å². The number of nitro benzene ring substituents is 1. The molecule has 0 unspecified atom stereocenters. The summed E-state index contributed by atoms with van der Waals surface area (Å²) in [5, 5.41) is 20.8. The molecule has 0 heterocycles. The number of nitro groups is 1. The van der Waals surface area contributed by atoms with Gasteiger partial charge in [0.2, 0.25) is 5.82 Å². The van der Waals surface area contributed by atoms with Crippen LogP contribution in [-0.4, -0.2) is 27.9 Å². The highest BCUT2D eigenvalue weighted by atomic mass is 19.1. The van der Waals surface area contributed by atoms with Gasteiger partial charge in [0.1, 0.15) is 17.4 Å². The van der Waals surface area contributed by atoms with Gasteiger partial charge in [-0.05, 0) is 13.0 Å². The van der Waals surface area contributed by atoms with E-state index in [-0.39, 0.29) is 0 Å². The van der Waals surface area contributed by atoms with Crippen LogP contribution in [0.2, 0.25) is 0 Å². The van der Waals surface area contributed by atoms with Gasteiger partial charge < -0.3 is 10.4 Å². The molecule has 7 nitrogen and oxygen atoms in total. The summed E-state index contributed by atoms with van der Waals surface area (Å²) in [6.45, 7) is 1.08. The quantitative estimate of drug-likeness (QED) is 0.630. The topological polar surface area (TPSA) is 110 Å². The molecule has 9 heteroatoms. The van der Waals surface area contributed by atoms with Crippen molar-refractivity contribution in [3.63, 3.8) is 0 Å². The van der Waals surface area contributed by atoms with E-state index in [2.05, 4.69) is 0 Å². The zero-order valence-corrected chi connectivity index (χ0v) is 9.52. The van der Waals surface area contributed by atoms with Crippen molar-refractivity contribution < 1.29 is 28.4 Å². The van der Waals surface area contributed by atoms with E-state index in [1.807, 2.05) is 0 Å². The van der Waals surface area contributed by atoms with Crippen LogP contribution in [0.15, 0.2) is 12.1 Å². The van der Waals surface area contributed by atoms with E-state index >= 15 is 0 Å². The van der Waals surface area contributed by atoms with Crippen LogP contribution in [-0.2, 0) is 4.79 Å². The number of rotatable bonds is 4. The minimum atomic E-state index is -1.65. The van der Waals surface area contributed by atoms with Crippen LogP contribution < -0.4 is 5.32 Å². The number of hydrogen-bond acceptors (Lipinski definition) is 4. The number of carboxylic acid groups (broad SMARTS) is 1. The summed E-state index contributed by atoms with van der Waals surface area (Å²) in [5.41, 5.74) is -2.27. The third kappa shape index (κ3) is 3.00. The summed E-state index contributed by atoms with van der Waals surface area (Å²) < 4.78 is 26.9. The summed E-state index contributed by atoms with van der Waals surface area (Å²) >= 11 is 0. The van der Waals surface area contributed by atoms with Gasteiger partial charge in [-0.3, -0.25) is 19.7 Å². The van der Waals surface area contributed by atoms with Crippen molar-refractivity contribution in [3.05, 3.63) is 39.4 Å². The summed E-state index contributed by atoms with van der Waals surface area (Å²) in [4.78, 5) is 31.3. The molecule has 0 saturated heterocycles. The Bertz CT molecular complexity index is 561. The number of aliphatic carboxylic acids is 1. The van der Waals surface area contributed by atoms with Crippen molar-refractivity contribution in [3.8, 4) is 0 Å². The average molecular weight is 274 g/mol. The zero-order chi connectivity index (χ0) is 14.7. The number of carboxylic acids is 1. The van der Waals surface area contributed by atoms with E-state index in [4.69, 9.17) is 5.11 Å². The fourth-order valence-corrected chi connectivity index (χ4v) is 1.22. The minimum absolute atomic E-state index is 0.557. The lowest BCUT2D eigenvalue weighted by Crippen LogP contribution is -2.39. The first-order valence-electron chi connectivity index (χ1n) is 4.91. The molecule has 19 heavy (non-hydrogen) atoms.